The number of carbonyl (C=O) groups excluding carboxylic acids is 1. The molecule has 2 heterocycles. The topological polar surface area (TPSA) is 82.1 Å². The third-order valence-electron chi connectivity index (χ3n) is 10.4. The number of nitrogens with zero attached hydrogens (tertiary/aromatic N) is 2. The Hall–Kier alpha value is -3.63. The highest BCUT2D eigenvalue weighted by Gasteiger charge is 2.56. The van der Waals surface area contributed by atoms with Crippen LogP contribution in [-0.4, -0.2) is 92.3 Å². The second-order valence-electron chi connectivity index (χ2n) is 14.4. The van der Waals surface area contributed by atoms with E-state index in [2.05, 4.69) is 78.7 Å². The van der Waals surface area contributed by atoms with Gasteiger partial charge in [0.25, 0.3) is 12.4 Å². The Balaban J connectivity index is 0.000000286. The number of likely N-dealkylation sites (tertiary alicyclic amines) is 2. The van der Waals surface area contributed by atoms with E-state index < -0.39 is 23.4 Å². The summed E-state index contributed by atoms with van der Waals surface area (Å²) in [6, 6.07) is 20.0. The van der Waals surface area contributed by atoms with Crippen molar-refractivity contribution in [2.45, 2.75) is 91.7 Å². The number of aryl methyl sites for hydroxylation is 1. The Morgan fingerprint density at radius 2 is 1.65 bits per heavy atom. The number of alkyl halides is 3. The first-order chi connectivity index (χ1) is 24.8. The minimum Gasteiger partial charge on any atom is -0.496 e. The molecule has 2 fully saturated rings. The first kappa shape index (κ1) is 42.8. The minimum atomic E-state index is -3.07. The summed E-state index contributed by atoms with van der Waals surface area (Å²) in [5.74, 6) is -1.86. The number of hydrogen-bond acceptors (Lipinski definition) is 5. The molecule has 3 aromatic rings. The molecule has 0 aliphatic carbocycles. The molecule has 3 aromatic carbocycles. The van der Waals surface area contributed by atoms with Crippen molar-refractivity contribution in [1.29, 1.82) is 0 Å². The van der Waals surface area contributed by atoms with Crippen molar-refractivity contribution >= 4 is 23.2 Å². The molecule has 2 aliphatic rings. The number of fused-ring (bicyclic) bond motifs is 1. The smallest absolute Gasteiger partial charge is 0.290 e. The van der Waals surface area contributed by atoms with Gasteiger partial charge in [0.05, 0.1) is 7.11 Å². The number of halogens is 3. The van der Waals surface area contributed by atoms with Gasteiger partial charge in [-0.25, -0.2) is 13.2 Å². The van der Waals surface area contributed by atoms with Crippen molar-refractivity contribution in [3.8, 4) is 16.9 Å². The molecule has 2 aliphatic heterocycles. The molecule has 2 N–H and O–H groups in total. The molecular weight excluding hydrogens is 667 g/mol. The number of nitrogens with one attached hydrogen (secondary N) is 1. The SMILES string of the molecule is CCCc1cccc2c(-c3c(CCN4CCCC(C)C4)cccc3OC)cccc12.CCNC(=O)C1(C(C)(F)F)CCN(CC(C)F)CC1.O=CO. The normalized spacial score (nSPS) is 18.3. The zero-order valence-corrected chi connectivity index (χ0v) is 32.0. The highest BCUT2D eigenvalue weighted by molar-refractivity contribution is 6.00. The van der Waals surface area contributed by atoms with Gasteiger partial charge in [-0.05, 0) is 111 Å². The summed E-state index contributed by atoms with van der Waals surface area (Å²) < 4.78 is 46.5. The second-order valence-corrected chi connectivity index (χ2v) is 14.4. The molecular formula is C42H60F3N3O4. The van der Waals surface area contributed by atoms with E-state index in [1.807, 2.05) is 0 Å². The van der Waals surface area contributed by atoms with Crippen LogP contribution in [0.3, 0.4) is 0 Å². The number of ether oxygens (including phenoxy) is 1. The number of rotatable bonds is 12. The average molecular weight is 728 g/mol. The first-order valence-corrected chi connectivity index (χ1v) is 18.8. The van der Waals surface area contributed by atoms with Gasteiger partial charge in [0, 0.05) is 38.7 Å². The molecule has 10 heteroatoms. The molecule has 0 aromatic heterocycles. The number of carboxylic acid groups (broad SMARTS) is 1. The van der Waals surface area contributed by atoms with Gasteiger partial charge in [0.15, 0.2) is 0 Å². The monoisotopic (exact) mass is 727 g/mol. The van der Waals surface area contributed by atoms with Gasteiger partial charge < -0.3 is 25.0 Å². The summed E-state index contributed by atoms with van der Waals surface area (Å²) in [6.45, 7) is 13.2. The lowest BCUT2D eigenvalue weighted by molar-refractivity contribution is -0.167. The van der Waals surface area contributed by atoms with Crippen molar-refractivity contribution in [3.63, 3.8) is 0 Å². The predicted octanol–water partition coefficient (Wildman–Crippen LogP) is 8.66. The van der Waals surface area contributed by atoms with Crippen LogP contribution in [0.5, 0.6) is 5.75 Å². The quantitative estimate of drug-likeness (QED) is 0.182. The Bertz CT molecular complexity index is 1550. The molecule has 7 nitrogen and oxygen atoms in total. The lowest BCUT2D eigenvalue weighted by Crippen LogP contribution is -2.57. The second kappa shape index (κ2) is 20.6. The number of hydrogen-bond donors (Lipinski definition) is 2. The van der Waals surface area contributed by atoms with Crippen LogP contribution in [0, 0.1) is 11.3 Å². The Kier molecular flexibility index (Phi) is 16.9. The molecule has 0 radical (unpaired) electrons. The summed E-state index contributed by atoms with van der Waals surface area (Å²) in [4.78, 5) is 24.8. The highest BCUT2D eigenvalue weighted by Crippen LogP contribution is 2.45. The molecule has 0 saturated carbocycles. The van der Waals surface area contributed by atoms with Gasteiger partial charge in [0.1, 0.15) is 17.3 Å². The van der Waals surface area contributed by atoms with Crippen LogP contribution in [0.25, 0.3) is 21.9 Å². The summed E-state index contributed by atoms with van der Waals surface area (Å²) in [7, 11) is 1.79. The molecule has 1 amide bonds. The molecule has 288 valence electrons. The van der Waals surface area contributed by atoms with E-state index in [9.17, 15) is 18.0 Å². The van der Waals surface area contributed by atoms with Crippen LogP contribution in [0.4, 0.5) is 13.2 Å². The zero-order chi connectivity index (χ0) is 38.3. The molecule has 0 bridgehead atoms. The molecule has 2 saturated heterocycles. The zero-order valence-electron chi connectivity index (χ0n) is 32.0. The highest BCUT2D eigenvalue weighted by atomic mass is 19.3. The van der Waals surface area contributed by atoms with E-state index in [0.717, 1.165) is 44.4 Å². The predicted molar refractivity (Wildman–Crippen MR) is 205 cm³/mol. The number of carbonyl (C=O) groups is 2. The summed E-state index contributed by atoms with van der Waals surface area (Å²) in [5.41, 5.74) is 3.74. The van der Waals surface area contributed by atoms with E-state index in [0.29, 0.717) is 19.6 Å². The molecule has 2 atom stereocenters. The summed E-state index contributed by atoms with van der Waals surface area (Å²) in [6.07, 6.45) is 5.18. The maximum absolute atomic E-state index is 13.9. The molecule has 2 unspecified atom stereocenters. The van der Waals surface area contributed by atoms with Crippen LogP contribution in [0.15, 0.2) is 54.6 Å². The largest absolute Gasteiger partial charge is 0.496 e. The maximum atomic E-state index is 13.9. The van der Waals surface area contributed by atoms with Gasteiger partial charge in [0.2, 0.25) is 5.91 Å². The van der Waals surface area contributed by atoms with Gasteiger partial charge in [-0.3, -0.25) is 9.59 Å². The van der Waals surface area contributed by atoms with Gasteiger partial charge in [-0.15, -0.1) is 0 Å². The van der Waals surface area contributed by atoms with Crippen molar-refractivity contribution in [2.24, 2.45) is 11.3 Å². The van der Waals surface area contributed by atoms with Crippen LogP contribution in [0.2, 0.25) is 0 Å². The van der Waals surface area contributed by atoms with Crippen molar-refractivity contribution in [3.05, 3.63) is 65.7 Å². The molecule has 5 rings (SSSR count). The number of amides is 1. The molecule has 0 spiro atoms. The summed E-state index contributed by atoms with van der Waals surface area (Å²) in [5, 5.41) is 12.1. The fourth-order valence-corrected chi connectivity index (χ4v) is 7.78. The van der Waals surface area contributed by atoms with E-state index in [1.54, 1.807) is 18.9 Å². The van der Waals surface area contributed by atoms with Crippen molar-refractivity contribution in [2.75, 3.05) is 52.9 Å². The van der Waals surface area contributed by atoms with Crippen molar-refractivity contribution < 1.29 is 32.6 Å². The van der Waals surface area contributed by atoms with Gasteiger partial charge in [-0.1, -0.05) is 68.8 Å². The van der Waals surface area contributed by atoms with Crippen LogP contribution < -0.4 is 10.1 Å². The van der Waals surface area contributed by atoms with Crippen molar-refractivity contribution in [1.82, 2.24) is 15.1 Å². The fraction of sp³-hybridized carbons (Fsp3) is 0.571. The van der Waals surface area contributed by atoms with E-state index in [4.69, 9.17) is 14.6 Å². The third kappa shape index (κ3) is 11.2. The third-order valence-corrected chi connectivity index (χ3v) is 10.4. The Morgan fingerprint density at radius 3 is 2.25 bits per heavy atom. The van der Waals surface area contributed by atoms with E-state index in [-0.39, 0.29) is 25.9 Å². The van der Waals surface area contributed by atoms with E-state index in [1.165, 1.54) is 65.9 Å². The van der Waals surface area contributed by atoms with Gasteiger partial charge in [-0.2, -0.15) is 0 Å². The first-order valence-electron chi connectivity index (χ1n) is 18.8. The summed E-state index contributed by atoms with van der Waals surface area (Å²) >= 11 is 0. The number of piperidine rings is 2. The standard InChI is InChI=1S/C28H35NO.C13H23F3N2O.CH2O2/c1-4-9-22-11-5-14-25-24(22)13-7-15-26(25)28-23(12-6-16-27(28)30-3)17-19-29-18-8-10-21(2)20-29;1-4-17-11(19)13(12(3,15)16)5-7-18(8-6-13)9-10(2)14;2-1-3/h5-7,11-16,21H,4,8-10,17-20H2,1-3H3;10H,4-9H2,1-3H3,(H,17,19);1H,(H,2,3). The lowest BCUT2D eigenvalue weighted by atomic mass is 9.72. The van der Waals surface area contributed by atoms with Gasteiger partial charge >= 0.3 is 0 Å². The Labute approximate surface area is 308 Å². The number of benzene rings is 3. The van der Waals surface area contributed by atoms with Crippen LogP contribution >= 0.6 is 0 Å². The van der Waals surface area contributed by atoms with Crippen LogP contribution in [-0.2, 0) is 22.4 Å². The molecule has 52 heavy (non-hydrogen) atoms. The average Bonchev–Trinajstić information content (AvgIpc) is 3.11. The lowest BCUT2D eigenvalue weighted by Gasteiger charge is -2.43. The Morgan fingerprint density at radius 1 is 1.02 bits per heavy atom. The fourth-order valence-electron chi connectivity index (χ4n) is 7.78. The minimum absolute atomic E-state index is 0.0645. The maximum Gasteiger partial charge on any atom is 0.290 e. The van der Waals surface area contributed by atoms with E-state index >= 15 is 0 Å². The van der Waals surface area contributed by atoms with Crippen LogP contribution in [0.1, 0.15) is 77.8 Å². The number of methoxy groups -OCH3 is 1.